The third-order valence-electron chi connectivity index (χ3n) is 3.52. The molecule has 3 rings (SSSR count). The van der Waals surface area contributed by atoms with E-state index in [4.69, 9.17) is 5.41 Å². The van der Waals surface area contributed by atoms with Crippen LogP contribution < -0.4 is 18.0 Å². The largest absolute Gasteiger partial charge is 1.00 e. The Kier molecular flexibility index (Phi) is 4.88. The van der Waals surface area contributed by atoms with E-state index in [2.05, 4.69) is 0 Å². The lowest BCUT2D eigenvalue weighted by atomic mass is 10.2. The maximum absolute atomic E-state index is 10.3. The maximum atomic E-state index is 10.3. The van der Waals surface area contributed by atoms with Crippen LogP contribution in [-0.2, 0) is 13.1 Å². The lowest BCUT2D eigenvalue weighted by molar-refractivity contribution is -0.00000613. The molecule has 0 saturated carbocycles. The molecule has 0 aliphatic carbocycles. The Balaban J connectivity index is 0.00000161. The predicted molar refractivity (Wildman–Crippen MR) is 80.7 cm³/mol. The van der Waals surface area contributed by atoms with Crippen LogP contribution in [0.5, 0.6) is 0 Å². The van der Waals surface area contributed by atoms with E-state index in [1.54, 1.807) is 11.3 Å². The summed E-state index contributed by atoms with van der Waals surface area (Å²) in [5.74, 6) is 0. The number of nitrogens with zero attached hydrogens (tertiary/aromatic N) is 2. The summed E-state index contributed by atoms with van der Waals surface area (Å²) in [7, 11) is 0. The Hall–Kier alpha value is -1.56. The third kappa shape index (κ3) is 2.77. The predicted octanol–water partition coefficient (Wildman–Crippen LogP) is -0.259. The number of hydrogen-bond acceptors (Lipinski definition) is 3. The van der Waals surface area contributed by atoms with Crippen molar-refractivity contribution in [3.05, 3.63) is 52.3 Å². The second-order valence-corrected chi connectivity index (χ2v) is 5.68. The SMILES string of the molecule is CCn1c(=N)n(CC(O)c2cccs2)c2ccccc21.[Cl-]. The number of imidazole rings is 1. The molecule has 112 valence electrons. The number of aliphatic hydroxyl groups is 1. The Morgan fingerprint density at radius 1 is 1.14 bits per heavy atom. The van der Waals surface area contributed by atoms with Crippen molar-refractivity contribution in [1.82, 2.24) is 9.13 Å². The van der Waals surface area contributed by atoms with E-state index in [1.807, 2.05) is 57.8 Å². The number of thiophene rings is 1. The molecule has 2 heterocycles. The van der Waals surface area contributed by atoms with E-state index in [1.165, 1.54) is 0 Å². The van der Waals surface area contributed by atoms with Crippen molar-refractivity contribution in [2.75, 3.05) is 0 Å². The van der Waals surface area contributed by atoms with E-state index in [9.17, 15) is 5.11 Å². The van der Waals surface area contributed by atoms with Gasteiger partial charge in [0.2, 0.25) is 5.62 Å². The van der Waals surface area contributed by atoms with Gasteiger partial charge in [-0.25, -0.2) is 0 Å². The van der Waals surface area contributed by atoms with Crippen molar-refractivity contribution in [2.45, 2.75) is 26.1 Å². The van der Waals surface area contributed by atoms with Gasteiger partial charge in [0, 0.05) is 11.4 Å². The fraction of sp³-hybridized carbons (Fsp3) is 0.267. The van der Waals surface area contributed by atoms with Crippen molar-refractivity contribution in [3.8, 4) is 0 Å². The Morgan fingerprint density at radius 2 is 1.81 bits per heavy atom. The molecule has 0 fully saturated rings. The van der Waals surface area contributed by atoms with Crippen LogP contribution in [0.25, 0.3) is 11.0 Å². The van der Waals surface area contributed by atoms with E-state index in [0.717, 1.165) is 22.5 Å². The van der Waals surface area contributed by atoms with Crippen LogP contribution in [-0.4, -0.2) is 14.2 Å². The number of halogens is 1. The molecule has 21 heavy (non-hydrogen) atoms. The summed E-state index contributed by atoms with van der Waals surface area (Å²) in [6.45, 7) is 3.19. The zero-order chi connectivity index (χ0) is 14.1. The third-order valence-corrected chi connectivity index (χ3v) is 4.49. The lowest BCUT2D eigenvalue weighted by Gasteiger charge is -2.10. The van der Waals surface area contributed by atoms with E-state index in [-0.39, 0.29) is 12.4 Å². The molecule has 0 aliphatic heterocycles. The van der Waals surface area contributed by atoms with E-state index in [0.29, 0.717) is 12.2 Å². The van der Waals surface area contributed by atoms with Crippen molar-refractivity contribution in [2.24, 2.45) is 0 Å². The first-order valence-electron chi connectivity index (χ1n) is 6.66. The average molecular weight is 323 g/mol. The molecular formula is C15H17ClN3OS-. The summed E-state index contributed by atoms with van der Waals surface area (Å²) >= 11 is 1.54. The summed E-state index contributed by atoms with van der Waals surface area (Å²) in [4.78, 5) is 0.935. The quantitative estimate of drug-likeness (QED) is 0.683. The molecule has 1 unspecified atom stereocenters. The van der Waals surface area contributed by atoms with Gasteiger partial charge < -0.3 is 26.6 Å². The van der Waals surface area contributed by atoms with E-state index < -0.39 is 6.10 Å². The molecule has 2 aromatic heterocycles. The average Bonchev–Trinajstić information content (AvgIpc) is 3.07. The van der Waals surface area contributed by atoms with Gasteiger partial charge in [0.25, 0.3) is 0 Å². The second-order valence-electron chi connectivity index (χ2n) is 4.70. The highest BCUT2D eigenvalue weighted by Gasteiger charge is 2.14. The summed E-state index contributed by atoms with van der Waals surface area (Å²) in [5, 5.41) is 20.6. The fourth-order valence-corrected chi connectivity index (χ4v) is 3.25. The number of aliphatic hydroxyl groups excluding tert-OH is 1. The molecular weight excluding hydrogens is 306 g/mol. The highest BCUT2D eigenvalue weighted by atomic mass is 35.5. The van der Waals surface area contributed by atoms with Crippen LogP contribution in [0.3, 0.4) is 0 Å². The lowest BCUT2D eigenvalue weighted by Crippen LogP contribution is -3.00. The molecule has 0 bridgehead atoms. The highest BCUT2D eigenvalue weighted by Crippen LogP contribution is 2.22. The Labute approximate surface area is 133 Å². The van der Waals surface area contributed by atoms with Gasteiger partial charge in [-0.05, 0) is 30.5 Å². The summed E-state index contributed by atoms with van der Waals surface area (Å²) in [6.07, 6.45) is -0.569. The zero-order valence-electron chi connectivity index (χ0n) is 11.7. The molecule has 6 heteroatoms. The molecule has 0 spiro atoms. The number of fused-ring (bicyclic) bond motifs is 1. The van der Waals surface area contributed by atoms with Gasteiger partial charge in [0.05, 0.1) is 17.6 Å². The topological polar surface area (TPSA) is 53.9 Å². The standard InChI is InChI=1S/C15H17N3OS.ClH/c1-2-17-11-6-3-4-7-12(11)18(15(17)16)10-13(19)14-8-5-9-20-14;/h3-9,13,16,19H,2,10H2,1H3;1H/p-1. The monoisotopic (exact) mass is 322 g/mol. The van der Waals surface area contributed by atoms with Gasteiger partial charge in [-0.3, -0.25) is 5.41 Å². The van der Waals surface area contributed by atoms with Gasteiger partial charge in [-0.2, -0.15) is 0 Å². The van der Waals surface area contributed by atoms with Crippen LogP contribution in [0, 0.1) is 5.41 Å². The number of rotatable bonds is 4. The molecule has 1 aromatic carbocycles. The first-order chi connectivity index (χ1) is 9.72. The normalized spacial score (nSPS) is 12.3. The number of hydrogen-bond donors (Lipinski definition) is 2. The van der Waals surface area contributed by atoms with Gasteiger partial charge in [-0.1, -0.05) is 18.2 Å². The first-order valence-corrected chi connectivity index (χ1v) is 7.54. The molecule has 3 aromatic rings. The van der Waals surface area contributed by atoms with Crippen LogP contribution in [0.2, 0.25) is 0 Å². The minimum absolute atomic E-state index is 0. The number of nitrogens with one attached hydrogen (secondary N) is 1. The van der Waals surface area contributed by atoms with Gasteiger partial charge in [0.1, 0.15) is 6.10 Å². The summed E-state index contributed by atoms with van der Waals surface area (Å²) in [6, 6.07) is 11.8. The number of aryl methyl sites for hydroxylation is 1. The molecule has 2 N–H and O–H groups in total. The Bertz CT molecular complexity index is 776. The van der Waals surface area contributed by atoms with Crippen molar-refractivity contribution in [3.63, 3.8) is 0 Å². The number of aromatic nitrogens is 2. The van der Waals surface area contributed by atoms with Crippen LogP contribution in [0.15, 0.2) is 41.8 Å². The van der Waals surface area contributed by atoms with Crippen molar-refractivity contribution < 1.29 is 17.5 Å². The molecule has 0 saturated heterocycles. The minimum atomic E-state index is -0.569. The van der Waals surface area contributed by atoms with Gasteiger partial charge in [0.15, 0.2) is 0 Å². The van der Waals surface area contributed by atoms with Gasteiger partial charge >= 0.3 is 0 Å². The summed E-state index contributed by atoms with van der Waals surface area (Å²) < 4.78 is 3.83. The number of benzene rings is 1. The number of para-hydroxylation sites is 2. The fourth-order valence-electron chi connectivity index (χ4n) is 2.54. The molecule has 4 nitrogen and oxygen atoms in total. The Morgan fingerprint density at radius 3 is 2.38 bits per heavy atom. The van der Waals surface area contributed by atoms with Gasteiger partial charge in [-0.15, -0.1) is 11.3 Å². The van der Waals surface area contributed by atoms with Crippen LogP contribution in [0.4, 0.5) is 0 Å². The minimum Gasteiger partial charge on any atom is -1.00 e. The molecule has 0 aliphatic rings. The summed E-state index contributed by atoms with van der Waals surface area (Å²) in [5.41, 5.74) is 2.47. The first kappa shape index (κ1) is 15.8. The maximum Gasteiger partial charge on any atom is 0.203 e. The molecule has 1 atom stereocenters. The smallest absolute Gasteiger partial charge is 0.203 e. The second kappa shape index (κ2) is 6.47. The highest BCUT2D eigenvalue weighted by molar-refractivity contribution is 7.10. The van der Waals surface area contributed by atoms with Crippen LogP contribution >= 0.6 is 11.3 Å². The zero-order valence-corrected chi connectivity index (χ0v) is 13.2. The van der Waals surface area contributed by atoms with E-state index >= 15 is 0 Å². The van der Waals surface area contributed by atoms with Crippen molar-refractivity contribution in [1.29, 1.82) is 5.41 Å². The molecule has 0 amide bonds. The van der Waals surface area contributed by atoms with Crippen molar-refractivity contribution >= 4 is 22.4 Å². The van der Waals surface area contributed by atoms with Crippen LogP contribution in [0.1, 0.15) is 17.9 Å². The molecule has 0 radical (unpaired) electrons.